The van der Waals surface area contributed by atoms with Crippen molar-refractivity contribution in [1.82, 2.24) is 5.32 Å². The van der Waals surface area contributed by atoms with E-state index in [4.69, 9.17) is 13.8 Å². The zero-order valence-electron chi connectivity index (χ0n) is 47.4. The first-order valence-corrected chi connectivity index (χ1v) is 30.9. The van der Waals surface area contributed by atoms with Gasteiger partial charge in [0.15, 0.2) is 0 Å². The predicted molar refractivity (Wildman–Crippen MR) is 307 cm³/mol. The number of hydrogen-bond acceptors (Lipinski definition) is 7. The van der Waals surface area contributed by atoms with Crippen LogP contribution in [-0.4, -0.2) is 69.4 Å². The summed E-state index contributed by atoms with van der Waals surface area (Å²) in [5.74, 6) is -0.575. The number of phosphoric ester groups is 1. The summed E-state index contributed by atoms with van der Waals surface area (Å²) >= 11 is 0. The summed E-state index contributed by atoms with van der Waals surface area (Å²) in [6, 6.07) is -0.904. The summed E-state index contributed by atoms with van der Waals surface area (Å²) in [5.41, 5.74) is 0. The van der Waals surface area contributed by atoms with Crippen LogP contribution in [0.3, 0.4) is 0 Å². The number of hydrogen-bond donors (Lipinski definition) is 1. The van der Waals surface area contributed by atoms with Crippen molar-refractivity contribution in [3.63, 3.8) is 0 Å². The lowest BCUT2D eigenvalue weighted by atomic mass is 10.1. The number of rotatable bonds is 52. The van der Waals surface area contributed by atoms with E-state index < -0.39 is 26.6 Å². The van der Waals surface area contributed by atoms with Crippen LogP contribution in [0.5, 0.6) is 0 Å². The Morgan fingerprint density at radius 3 is 1.36 bits per heavy atom. The van der Waals surface area contributed by atoms with Gasteiger partial charge in [-0.3, -0.25) is 14.2 Å². The Balaban J connectivity index is 5.33. The molecule has 3 atom stereocenters. The van der Waals surface area contributed by atoms with E-state index in [9.17, 15) is 19.0 Å². The zero-order valence-corrected chi connectivity index (χ0v) is 48.3. The number of nitrogens with zero attached hydrogens (tertiary/aromatic N) is 1. The molecule has 0 aliphatic heterocycles. The van der Waals surface area contributed by atoms with Gasteiger partial charge in [0, 0.05) is 12.8 Å². The number of amides is 1. The van der Waals surface area contributed by atoms with Gasteiger partial charge in [-0.2, -0.15) is 0 Å². The highest BCUT2D eigenvalue weighted by molar-refractivity contribution is 7.45. The molecule has 0 heterocycles. The van der Waals surface area contributed by atoms with E-state index in [1.807, 2.05) is 33.3 Å². The highest BCUT2D eigenvalue weighted by Crippen LogP contribution is 2.38. The quantitative estimate of drug-likeness (QED) is 0.0212. The molecular weight excluding hydrogens is 916 g/mol. The van der Waals surface area contributed by atoms with Crippen molar-refractivity contribution in [3.8, 4) is 0 Å². The summed E-state index contributed by atoms with van der Waals surface area (Å²) in [6.07, 6.45) is 66.9. The number of ether oxygens (including phenoxy) is 1. The minimum absolute atomic E-state index is 0.0310. The van der Waals surface area contributed by atoms with Gasteiger partial charge in [0.2, 0.25) is 5.91 Å². The number of unbranched alkanes of at least 4 members (excludes halogenated alkanes) is 24. The molecule has 0 aliphatic carbocycles. The number of allylic oxidation sites excluding steroid dienone is 13. The molecule has 10 heteroatoms. The fraction of sp³-hybridized carbons (Fsp3) is 0.742. The van der Waals surface area contributed by atoms with Gasteiger partial charge in [0.05, 0.1) is 33.8 Å². The lowest BCUT2D eigenvalue weighted by Gasteiger charge is -2.30. The second-order valence-electron chi connectivity index (χ2n) is 20.8. The highest BCUT2D eigenvalue weighted by Gasteiger charge is 2.27. The van der Waals surface area contributed by atoms with Gasteiger partial charge < -0.3 is 28.5 Å². The first-order chi connectivity index (χ1) is 34.9. The van der Waals surface area contributed by atoms with Crippen molar-refractivity contribution in [2.75, 3.05) is 40.9 Å². The minimum atomic E-state index is -4.70. The molecule has 416 valence electrons. The number of carbonyl (C=O) groups is 2. The molecule has 0 bridgehead atoms. The van der Waals surface area contributed by atoms with E-state index in [1.54, 1.807) is 0 Å². The van der Waals surface area contributed by atoms with E-state index in [2.05, 4.69) is 99.0 Å². The van der Waals surface area contributed by atoms with Crippen LogP contribution in [0, 0.1) is 0 Å². The Hall–Kier alpha value is -2.81. The zero-order chi connectivity index (χ0) is 52.9. The maximum absolute atomic E-state index is 13.5. The summed E-state index contributed by atoms with van der Waals surface area (Å²) in [4.78, 5) is 39.9. The van der Waals surface area contributed by atoms with Crippen LogP contribution in [0.2, 0.25) is 0 Å². The van der Waals surface area contributed by atoms with Crippen LogP contribution in [0.15, 0.2) is 85.1 Å². The van der Waals surface area contributed by atoms with Crippen LogP contribution < -0.4 is 10.2 Å². The van der Waals surface area contributed by atoms with Gasteiger partial charge in [-0.25, -0.2) is 0 Å². The van der Waals surface area contributed by atoms with E-state index in [1.165, 1.54) is 70.6 Å². The molecule has 0 aromatic rings. The molecule has 1 N–H and O–H groups in total. The van der Waals surface area contributed by atoms with E-state index in [0.29, 0.717) is 23.9 Å². The molecule has 0 radical (unpaired) electrons. The largest absolute Gasteiger partial charge is 0.756 e. The lowest BCUT2D eigenvalue weighted by Crippen LogP contribution is -2.47. The van der Waals surface area contributed by atoms with Crippen LogP contribution in [0.25, 0.3) is 0 Å². The lowest BCUT2D eigenvalue weighted by molar-refractivity contribution is -0.870. The van der Waals surface area contributed by atoms with Gasteiger partial charge >= 0.3 is 5.97 Å². The molecule has 0 saturated heterocycles. The summed E-state index contributed by atoms with van der Waals surface area (Å²) < 4.78 is 30.2. The SMILES string of the molecule is CC/C=C/C/C=C/C/C=C/CCCCCCCCC(=O)NC(COP(=O)([O-])OCC[N+](C)(C)C)C(/C=C/CCCCCCCCCCC)OC(=O)CCCCCCCC/C=C\C/C=C\C/C=C\CCCCC. The Bertz CT molecular complexity index is 1510. The van der Waals surface area contributed by atoms with Crippen molar-refractivity contribution in [2.45, 2.75) is 258 Å². The third-order valence-corrected chi connectivity index (χ3v) is 13.5. The first-order valence-electron chi connectivity index (χ1n) is 29.4. The Morgan fingerprint density at radius 2 is 0.889 bits per heavy atom. The smallest absolute Gasteiger partial charge is 0.306 e. The summed E-state index contributed by atoms with van der Waals surface area (Å²) in [7, 11) is 1.16. The molecule has 1 amide bonds. The minimum Gasteiger partial charge on any atom is -0.756 e. The molecule has 3 unspecified atom stereocenters. The first kappa shape index (κ1) is 69.2. The summed E-state index contributed by atoms with van der Waals surface area (Å²) in [5, 5.41) is 3.01. The number of nitrogens with one attached hydrogen (secondary N) is 1. The second-order valence-corrected chi connectivity index (χ2v) is 22.2. The number of phosphoric acid groups is 1. The Kier molecular flexibility index (Phi) is 49.6. The van der Waals surface area contributed by atoms with Crippen LogP contribution in [0.1, 0.15) is 245 Å². The molecule has 0 rings (SSSR count). The van der Waals surface area contributed by atoms with Crippen LogP contribution >= 0.6 is 7.82 Å². The molecule has 72 heavy (non-hydrogen) atoms. The monoisotopic (exact) mass is 1030 g/mol. The molecule has 0 fully saturated rings. The predicted octanol–water partition coefficient (Wildman–Crippen LogP) is 17.2. The fourth-order valence-electron chi connectivity index (χ4n) is 8.01. The maximum Gasteiger partial charge on any atom is 0.306 e. The van der Waals surface area contributed by atoms with Crippen LogP contribution in [-0.2, 0) is 27.9 Å². The Morgan fingerprint density at radius 1 is 0.500 bits per heavy atom. The molecular formula is C62H111N2O7P. The molecule has 0 aromatic heterocycles. The van der Waals surface area contributed by atoms with Gasteiger partial charge in [-0.15, -0.1) is 0 Å². The number of carbonyl (C=O) groups excluding carboxylic acids is 2. The van der Waals surface area contributed by atoms with Gasteiger partial charge in [-0.1, -0.05) is 215 Å². The molecule has 0 spiro atoms. The van der Waals surface area contributed by atoms with Crippen molar-refractivity contribution in [2.24, 2.45) is 0 Å². The van der Waals surface area contributed by atoms with Crippen molar-refractivity contribution >= 4 is 19.7 Å². The number of esters is 1. The molecule has 0 aromatic carbocycles. The summed E-state index contributed by atoms with van der Waals surface area (Å²) in [6.45, 7) is 6.67. The van der Waals surface area contributed by atoms with E-state index in [-0.39, 0.29) is 24.9 Å². The van der Waals surface area contributed by atoms with Crippen molar-refractivity contribution < 1.29 is 37.3 Å². The van der Waals surface area contributed by atoms with Crippen molar-refractivity contribution in [1.29, 1.82) is 0 Å². The topological polar surface area (TPSA) is 114 Å². The second kappa shape index (κ2) is 51.7. The van der Waals surface area contributed by atoms with E-state index >= 15 is 0 Å². The third-order valence-electron chi connectivity index (χ3n) is 12.6. The highest BCUT2D eigenvalue weighted by atomic mass is 31.2. The standard InChI is InChI=1S/C62H111N2O7P/c1-7-10-13-16-19-22-25-27-29-31-32-33-35-37-40-43-46-49-52-55-62(66)71-60(53-50-47-44-41-38-24-21-18-15-12-9-3)59(58-70-72(67,68)69-57-56-64(4,5)6)63-61(65)54-51-48-45-42-39-36-34-30-28-26-23-20-17-14-11-8-2/h11,14,19-20,22-23,27-30,32-33,50,53,59-60H,7-10,12-13,15-18,21,24-26,31,34-49,51-52,54-58H2,1-6H3,(H-,63,65,67,68)/b14-11+,22-19-,23-20+,29-27-,30-28+,33-32-,53-50+. The molecule has 9 nitrogen and oxygen atoms in total. The molecule has 0 saturated carbocycles. The van der Waals surface area contributed by atoms with Gasteiger partial charge in [0.25, 0.3) is 7.82 Å². The normalized spacial score (nSPS) is 14.4. The maximum atomic E-state index is 13.5. The third kappa shape index (κ3) is 52.1. The van der Waals surface area contributed by atoms with Gasteiger partial charge in [-0.05, 0) is 102 Å². The fourth-order valence-corrected chi connectivity index (χ4v) is 8.74. The average Bonchev–Trinajstić information content (AvgIpc) is 3.34. The Labute approximate surface area is 444 Å². The van der Waals surface area contributed by atoms with Crippen molar-refractivity contribution in [3.05, 3.63) is 85.1 Å². The van der Waals surface area contributed by atoms with E-state index in [0.717, 1.165) is 135 Å². The van der Waals surface area contributed by atoms with Gasteiger partial charge in [0.1, 0.15) is 19.3 Å². The average molecular weight is 1030 g/mol. The number of quaternary nitrogens is 1. The molecule has 0 aliphatic rings. The number of likely N-dealkylation sites (N-methyl/N-ethyl adjacent to an activating group) is 1. The van der Waals surface area contributed by atoms with Crippen LogP contribution in [0.4, 0.5) is 0 Å².